The van der Waals surface area contributed by atoms with E-state index in [1.807, 2.05) is 0 Å². The number of fused-ring (bicyclic) bond motifs is 3. The van der Waals surface area contributed by atoms with Crippen LogP contribution < -0.4 is 0 Å². The fourth-order valence-electron chi connectivity index (χ4n) is 8.69. The lowest BCUT2D eigenvalue weighted by atomic mass is 9.41. The van der Waals surface area contributed by atoms with Crippen LogP contribution in [-0.4, -0.2) is 0 Å². The van der Waals surface area contributed by atoms with Crippen LogP contribution in [0.3, 0.4) is 0 Å². The Morgan fingerprint density at radius 2 is 1.66 bits per heavy atom. The smallest absolute Gasteiger partial charge is 0.0194 e. The molecule has 3 aliphatic rings. The van der Waals surface area contributed by atoms with Crippen molar-refractivity contribution in [2.45, 2.75) is 107 Å². The molecular formula is C35H48. The zero-order valence-corrected chi connectivity index (χ0v) is 24.1. The molecule has 0 radical (unpaired) electrons. The van der Waals surface area contributed by atoms with Gasteiger partial charge in [-0.05, 0) is 127 Å². The summed E-state index contributed by atoms with van der Waals surface area (Å²) in [5, 5.41) is 0. The standard InChI is InChI=1S/C35H48/c1-13-15-16-28-17-27(14-2)23(6)31-24(7)32-26(9)35(12)25(8)30(21(3)4)22(5)18-34(35,11)20-33(32,10)19-29(28)31/h17H,3,7-8,13-16,18-20H2,1-2,4-6,9-12H3/t33-,34+,35-/m1/s1. The molecule has 0 nitrogen and oxygen atoms in total. The first-order valence-electron chi connectivity index (χ1n) is 13.9. The van der Waals surface area contributed by atoms with E-state index in [0.717, 1.165) is 24.8 Å². The molecule has 0 N–H and O–H groups in total. The maximum absolute atomic E-state index is 4.86. The highest BCUT2D eigenvalue weighted by Crippen LogP contribution is 2.70. The topological polar surface area (TPSA) is 0 Å². The first-order chi connectivity index (χ1) is 16.3. The molecule has 0 saturated carbocycles. The lowest BCUT2D eigenvalue weighted by molar-refractivity contribution is 0.0543. The minimum atomic E-state index is -0.0859. The maximum Gasteiger partial charge on any atom is 0.0194 e. The Morgan fingerprint density at radius 3 is 2.23 bits per heavy atom. The monoisotopic (exact) mass is 468 g/mol. The number of hydrogen-bond donors (Lipinski definition) is 0. The van der Waals surface area contributed by atoms with Gasteiger partial charge in [-0.3, -0.25) is 0 Å². The van der Waals surface area contributed by atoms with Gasteiger partial charge in [-0.15, -0.1) is 0 Å². The molecule has 3 atom stereocenters. The molecule has 0 amide bonds. The molecular weight excluding hydrogens is 420 g/mol. The zero-order valence-electron chi connectivity index (χ0n) is 24.1. The number of aryl methyl sites for hydroxylation is 2. The third-order valence-corrected chi connectivity index (χ3v) is 10.4. The molecule has 0 heteroatoms. The van der Waals surface area contributed by atoms with Crippen molar-refractivity contribution < 1.29 is 0 Å². The summed E-state index contributed by atoms with van der Waals surface area (Å²) < 4.78 is 0. The second-order valence-corrected chi connectivity index (χ2v) is 12.8. The van der Waals surface area contributed by atoms with Crippen molar-refractivity contribution in [3.8, 4) is 0 Å². The van der Waals surface area contributed by atoms with Crippen molar-refractivity contribution in [2.24, 2.45) is 16.2 Å². The second kappa shape index (κ2) is 8.50. The second-order valence-electron chi connectivity index (χ2n) is 12.8. The first kappa shape index (κ1) is 26.0. The maximum atomic E-state index is 4.86. The predicted molar refractivity (Wildman–Crippen MR) is 155 cm³/mol. The quantitative estimate of drug-likeness (QED) is 0.403. The van der Waals surface area contributed by atoms with E-state index in [4.69, 9.17) is 13.2 Å². The summed E-state index contributed by atoms with van der Waals surface area (Å²) >= 11 is 0. The van der Waals surface area contributed by atoms with Crippen LogP contribution in [0.5, 0.6) is 0 Å². The van der Waals surface area contributed by atoms with Gasteiger partial charge < -0.3 is 0 Å². The van der Waals surface area contributed by atoms with E-state index in [9.17, 15) is 0 Å². The lowest BCUT2D eigenvalue weighted by Crippen LogP contribution is -2.52. The van der Waals surface area contributed by atoms with Gasteiger partial charge in [0.05, 0.1) is 0 Å². The SMILES string of the molecule is C=C(C)C1=C(C)C[C@@]2(C)C[C@@]3(C)Cc4c(CCCC)cc(CC)c(C)c4C(=C)C3=C(C)[C@@]2(C)C1=C. The van der Waals surface area contributed by atoms with Crippen LogP contribution in [0.15, 0.2) is 59.2 Å². The number of allylic oxidation sites excluding steroid dienone is 7. The summed E-state index contributed by atoms with van der Waals surface area (Å²) in [6.07, 6.45) is 8.17. The van der Waals surface area contributed by atoms with Crippen LogP contribution in [0.1, 0.15) is 109 Å². The van der Waals surface area contributed by atoms with E-state index in [1.54, 1.807) is 11.1 Å². The Bertz CT molecular complexity index is 1210. The number of hydrogen-bond acceptors (Lipinski definition) is 0. The first-order valence-corrected chi connectivity index (χ1v) is 13.9. The van der Waals surface area contributed by atoms with Crippen molar-refractivity contribution in [1.29, 1.82) is 0 Å². The highest BCUT2D eigenvalue weighted by atomic mass is 14.6. The van der Waals surface area contributed by atoms with Gasteiger partial charge in [-0.1, -0.05) is 83.6 Å². The van der Waals surface area contributed by atoms with Crippen LogP contribution in [0, 0.1) is 23.2 Å². The highest BCUT2D eigenvalue weighted by Gasteiger charge is 2.59. The van der Waals surface area contributed by atoms with Crippen molar-refractivity contribution in [2.75, 3.05) is 0 Å². The Morgan fingerprint density at radius 1 is 1.00 bits per heavy atom. The lowest BCUT2D eigenvalue weighted by Gasteiger charge is -2.62. The van der Waals surface area contributed by atoms with Gasteiger partial charge in [0, 0.05) is 5.41 Å². The molecule has 35 heavy (non-hydrogen) atoms. The summed E-state index contributed by atoms with van der Waals surface area (Å²) in [6.45, 7) is 35.3. The van der Waals surface area contributed by atoms with Crippen molar-refractivity contribution in [3.05, 3.63) is 87.1 Å². The molecule has 0 bridgehead atoms. The van der Waals surface area contributed by atoms with Gasteiger partial charge in [-0.25, -0.2) is 0 Å². The third kappa shape index (κ3) is 3.46. The molecule has 3 aliphatic carbocycles. The third-order valence-electron chi connectivity index (χ3n) is 10.4. The van der Waals surface area contributed by atoms with E-state index in [2.05, 4.69) is 75.0 Å². The molecule has 1 aromatic carbocycles. The Kier molecular flexibility index (Phi) is 6.31. The van der Waals surface area contributed by atoms with E-state index in [0.29, 0.717) is 0 Å². The van der Waals surface area contributed by atoms with E-state index >= 15 is 0 Å². The average Bonchev–Trinajstić information content (AvgIpc) is 2.75. The summed E-state index contributed by atoms with van der Waals surface area (Å²) in [5.41, 5.74) is 17.2. The van der Waals surface area contributed by atoms with Gasteiger partial charge in [0.2, 0.25) is 0 Å². The Balaban J connectivity index is 2.00. The molecule has 0 fully saturated rings. The minimum absolute atomic E-state index is 0.0859. The molecule has 0 saturated heterocycles. The van der Waals surface area contributed by atoms with Gasteiger partial charge in [-0.2, -0.15) is 0 Å². The molecule has 188 valence electrons. The van der Waals surface area contributed by atoms with Gasteiger partial charge in [0.1, 0.15) is 0 Å². The summed E-state index contributed by atoms with van der Waals surface area (Å²) in [7, 11) is 0. The summed E-state index contributed by atoms with van der Waals surface area (Å²) in [5.74, 6) is 0. The molecule has 0 spiro atoms. The van der Waals surface area contributed by atoms with Crippen LogP contribution >= 0.6 is 0 Å². The molecule has 0 aromatic heterocycles. The Labute approximate surface area is 216 Å². The average molecular weight is 469 g/mol. The van der Waals surface area contributed by atoms with Crippen LogP contribution in [0.25, 0.3) is 5.57 Å². The zero-order chi connectivity index (χ0) is 26.1. The minimum Gasteiger partial charge on any atom is -0.0955 e. The number of unbranched alkanes of at least 4 members (excludes halogenated alkanes) is 1. The van der Waals surface area contributed by atoms with E-state index in [-0.39, 0.29) is 16.2 Å². The molecule has 0 heterocycles. The van der Waals surface area contributed by atoms with Crippen LogP contribution in [-0.2, 0) is 19.3 Å². The summed E-state index contributed by atoms with van der Waals surface area (Å²) in [6, 6.07) is 2.53. The molecule has 0 aliphatic heterocycles. The van der Waals surface area contributed by atoms with Gasteiger partial charge >= 0.3 is 0 Å². The molecule has 0 unspecified atom stereocenters. The van der Waals surface area contributed by atoms with Crippen molar-refractivity contribution >= 4 is 5.57 Å². The van der Waals surface area contributed by atoms with Crippen LogP contribution in [0.2, 0.25) is 0 Å². The number of rotatable bonds is 5. The van der Waals surface area contributed by atoms with Crippen LogP contribution in [0.4, 0.5) is 0 Å². The largest absolute Gasteiger partial charge is 0.0955 e. The molecule has 4 rings (SSSR count). The summed E-state index contributed by atoms with van der Waals surface area (Å²) in [4.78, 5) is 0. The van der Waals surface area contributed by atoms with Crippen molar-refractivity contribution in [1.82, 2.24) is 0 Å². The van der Waals surface area contributed by atoms with Gasteiger partial charge in [0.15, 0.2) is 0 Å². The highest BCUT2D eigenvalue weighted by molar-refractivity contribution is 5.87. The fourth-order valence-corrected chi connectivity index (χ4v) is 8.69. The normalized spacial score (nSPS) is 30.3. The number of benzene rings is 1. The van der Waals surface area contributed by atoms with E-state index < -0.39 is 0 Å². The predicted octanol–water partition coefficient (Wildman–Crippen LogP) is 10.1. The molecule has 1 aromatic rings. The van der Waals surface area contributed by atoms with Crippen molar-refractivity contribution in [3.63, 3.8) is 0 Å². The fraction of sp³-hybridized carbons (Fsp3) is 0.543. The van der Waals surface area contributed by atoms with Gasteiger partial charge in [0.25, 0.3) is 0 Å². The van der Waals surface area contributed by atoms with E-state index in [1.165, 1.54) is 75.8 Å². The Hall–Kier alpha value is -2.08.